The van der Waals surface area contributed by atoms with Gasteiger partial charge in [0.25, 0.3) is 17.2 Å². The van der Waals surface area contributed by atoms with Crippen LogP contribution in [0.3, 0.4) is 0 Å². The number of carbonyl (C=O) groups is 1. The number of ether oxygens (including phenoxy) is 1. The number of nitrogens with one attached hydrogen (secondary N) is 1. The molecule has 164 valence electrons. The van der Waals surface area contributed by atoms with Crippen LogP contribution in [0.15, 0.2) is 64.1 Å². The fourth-order valence-electron chi connectivity index (χ4n) is 3.24. The molecule has 0 fully saturated rings. The number of halogens is 1. The molecule has 0 unspecified atom stereocenters. The third-order valence-corrected chi connectivity index (χ3v) is 5.32. The molecule has 0 bridgehead atoms. The molecule has 1 amide bonds. The molecule has 2 aromatic heterocycles. The Kier molecular flexibility index (Phi) is 6.09. The fourth-order valence-corrected chi connectivity index (χ4v) is 3.64. The van der Waals surface area contributed by atoms with Gasteiger partial charge in [-0.1, -0.05) is 28.1 Å². The summed E-state index contributed by atoms with van der Waals surface area (Å²) >= 11 is 3.38. The summed E-state index contributed by atoms with van der Waals surface area (Å²) in [6, 6.07) is 14.1. The zero-order chi connectivity index (χ0) is 22.8. The average Bonchev–Trinajstić information content (AvgIpc) is 3.19. The van der Waals surface area contributed by atoms with Crippen molar-refractivity contribution in [1.29, 1.82) is 0 Å². The Morgan fingerprint density at radius 1 is 1.19 bits per heavy atom. The van der Waals surface area contributed by atoms with Crippen LogP contribution >= 0.6 is 15.9 Å². The lowest BCUT2D eigenvalue weighted by Gasteiger charge is -2.14. The van der Waals surface area contributed by atoms with Crippen molar-refractivity contribution in [3.63, 3.8) is 0 Å². The minimum Gasteiger partial charge on any atom is -0.485 e. The van der Waals surface area contributed by atoms with Gasteiger partial charge in [0.05, 0.1) is 11.4 Å². The van der Waals surface area contributed by atoms with Crippen molar-refractivity contribution in [2.24, 2.45) is 0 Å². The highest BCUT2D eigenvalue weighted by Gasteiger charge is 2.13. The van der Waals surface area contributed by atoms with Crippen LogP contribution in [0, 0.1) is 6.92 Å². The van der Waals surface area contributed by atoms with Crippen molar-refractivity contribution < 1.29 is 9.53 Å². The van der Waals surface area contributed by atoms with Crippen LogP contribution < -0.4 is 15.6 Å². The molecular weight excluding hydrogens is 474 g/mol. The van der Waals surface area contributed by atoms with Crippen molar-refractivity contribution >= 4 is 33.3 Å². The van der Waals surface area contributed by atoms with E-state index in [0.717, 1.165) is 10.0 Å². The van der Waals surface area contributed by atoms with E-state index in [-0.39, 0.29) is 24.1 Å². The molecule has 0 saturated carbocycles. The maximum atomic E-state index is 12.7. The van der Waals surface area contributed by atoms with Crippen LogP contribution in [-0.4, -0.2) is 25.1 Å². The lowest BCUT2D eigenvalue weighted by Crippen LogP contribution is -2.23. The van der Waals surface area contributed by atoms with Gasteiger partial charge in [0.15, 0.2) is 0 Å². The van der Waals surface area contributed by atoms with Crippen LogP contribution in [-0.2, 0) is 6.61 Å². The third-order valence-electron chi connectivity index (χ3n) is 4.83. The molecule has 4 rings (SSSR count). The largest absolute Gasteiger partial charge is 0.485 e. The van der Waals surface area contributed by atoms with E-state index in [2.05, 4.69) is 31.2 Å². The van der Waals surface area contributed by atoms with Gasteiger partial charge in [-0.3, -0.25) is 14.3 Å². The highest BCUT2D eigenvalue weighted by Crippen LogP contribution is 2.27. The summed E-state index contributed by atoms with van der Waals surface area (Å²) in [4.78, 5) is 33.9. The van der Waals surface area contributed by atoms with E-state index < -0.39 is 0 Å². The lowest BCUT2D eigenvalue weighted by atomic mass is 10.2. The van der Waals surface area contributed by atoms with Crippen LogP contribution in [0.1, 0.15) is 41.5 Å². The second kappa shape index (κ2) is 8.96. The van der Waals surface area contributed by atoms with Gasteiger partial charge in [-0.15, -0.1) is 0 Å². The summed E-state index contributed by atoms with van der Waals surface area (Å²) in [6.45, 7) is 5.92. The molecule has 0 spiro atoms. The first-order chi connectivity index (χ1) is 15.3. The van der Waals surface area contributed by atoms with E-state index in [0.29, 0.717) is 28.5 Å². The Balaban J connectivity index is 1.57. The monoisotopic (exact) mass is 495 g/mol. The third kappa shape index (κ3) is 4.57. The molecule has 2 aromatic carbocycles. The molecule has 0 radical (unpaired) electrons. The second-order valence-corrected chi connectivity index (χ2v) is 8.58. The van der Waals surface area contributed by atoms with Gasteiger partial charge in [-0.2, -0.15) is 9.50 Å². The first-order valence-electron chi connectivity index (χ1n) is 10.1. The minimum absolute atomic E-state index is 0.0590. The summed E-state index contributed by atoms with van der Waals surface area (Å²) in [5.41, 5.74) is 2.25. The predicted octanol–water partition coefficient (Wildman–Crippen LogP) is 4.37. The van der Waals surface area contributed by atoms with Gasteiger partial charge in [-0.05, 0) is 56.7 Å². The number of aryl methyl sites for hydroxylation is 1. The number of aromatic nitrogens is 4. The molecule has 0 atom stereocenters. The van der Waals surface area contributed by atoms with Gasteiger partial charge in [0.2, 0.25) is 0 Å². The number of hydrogen-bond donors (Lipinski definition) is 1. The van der Waals surface area contributed by atoms with Crippen molar-refractivity contribution in [3.05, 3.63) is 86.5 Å². The molecule has 1 N–H and O–H groups in total. The zero-order valence-electron chi connectivity index (χ0n) is 17.9. The van der Waals surface area contributed by atoms with E-state index in [9.17, 15) is 9.59 Å². The van der Waals surface area contributed by atoms with Crippen molar-refractivity contribution in [3.8, 4) is 5.75 Å². The molecule has 0 saturated heterocycles. The summed E-state index contributed by atoms with van der Waals surface area (Å²) in [7, 11) is 0. The zero-order valence-corrected chi connectivity index (χ0v) is 19.5. The average molecular weight is 496 g/mol. The quantitative estimate of drug-likeness (QED) is 0.428. The maximum Gasteiger partial charge on any atom is 0.274 e. The Bertz CT molecular complexity index is 1360. The Hall–Kier alpha value is -3.46. The van der Waals surface area contributed by atoms with Gasteiger partial charge in [0.1, 0.15) is 18.7 Å². The fraction of sp³-hybridized carbons (Fsp3) is 0.217. The highest BCUT2D eigenvalue weighted by molar-refractivity contribution is 9.10. The smallest absolute Gasteiger partial charge is 0.274 e. The molecule has 0 aliphatic heterocycles. The van der Waals surface area contributed by atoms with E-state index in [1.165, 1.54) is 10.6 Å². The van der Waals surface area contributed by atoms with Gasteiger partial charge in [0, 0.05) is 22.1 Å². The van der Waals surface area contributed by atoms with Gasteiger partial charge < -0.3 is 10.1 Å². The molecule has 0 aliphatic rings. The van der Waals surface area contributed by atoms with Crippen LogP contribution in [0.25, 0.3) is 5.78 Å². The molecule has 2 heterocycles. The van der Waals surface area contributed by atoms with Crippen LogP contribution in [0.5, 0.6) is 5.75 Å². The number of amides is 1. The number of nitrogens with zero attached hydrogens (tertiary/aromatic N) is 4. The maximum absolute atomic E-state index is 12.7. The minimum atomic E-state index is -0.253. The molecule has 9 heteroatoms. The first kappa shape index (κ1) is 21.8. The summed E-state index contributed by atoms with van der Waals surface area (Å²) in [5, 5.41) is 2.89. The predicted molar refractivity (Wildman–Crippen MR) is 125 cm³/mol. The van der Waals surface area contributed by atoms with E-state index in [1.54, 1.807) is 35.3 Å². The summed E-state index contributed by atoms with van der Waals surface area (Å²) in [6.07, 6.45) is 1.59. The molecule has 32 heavy (non-hydrogen) atoms. The van der Waals surface area contributed by atoms with Crippen LogP contribution in [0.2, 0.25) is 0 Å². The lowest BCUT2D eigenvalue weighted by molar-refractivity contribution is 0.102. The van der Waals surface area contributed by atoms with Gasteiger partial charge in [-0.25, -0.2) is 4.98 Å². The first-order valence-corrected chi connectivity index (χ1v) is 10.9. The van der Waals surface area contributed by atoms with Crippen molar-refractivity contribution in [2.45, 2.75) is 33.4 Å². The van der Waals surface area contributed by atoms with Crippen LogP contribution in [0.4, 0.5) is 5.69 Å². The van der Waals surface area contributed by atoms with Gasteiger partial charge >= 0.3 is 0 Å². The highest BCUT2D eigenvalue weighted by atomic mass is 79.9. The Labute approximate surface area is 193 Å². The topological polar surface area (TPSA) is 90.5 Å². The normalized spacial score (nSPS) is 11.2. The molecule has 0 aliphatic carbocycles. The second-order valence-electron chi connectivity index (χ2n) is 7.67. The Morgan fingerprint density at radius 3 is 2.75 bits per heavy atom. The van der Waals surface area contributed by atoms with E-state index >= 15 is 0 Å². The van der Waals surface area contributed by atoms with E-state index in [4.69, 9.17) is 4.74 Å². The Morgan fingerprint density at radius 2 is 2.00 bits per heavy atom. The SMILES string of the molecule is Cc1ccc(NC(=O)c2cccc(Br)c2)c(OCc2cc(=O)n3c(ncn3C(C)C)n2)c1. The number of carbonyl (C=O) groups excluding carboxylic acids is 1. The standard InChI is InChI=1S/C23H22BrN5O3/c1-14(2)28-13-25-23-26-18(11-21(30)29(23)28)12-32-20-9-15(3)7-8-19(20)27-22(31)16-5-4-6-17(24)10-16/h4-11,13-14H,12H2,1-3H3,(H,27,31). The van der Waals surface area contributed by atoms with Crippen molar-refractivity contribution in [1.82, 2.24) is 19.2 Å². The van der Waals surface area contributed by atoms with Crippen molar-refractivity contribution in [2.75, 3.05) is 5.32 Å². The number of rotatable bonds is 6. The number of hydrogen-bond acceptors (Lipinski definition) is 5. The number of fused-ring (bicyclic) bond motifs is 1. The van der Waals surface area contributed by atoms with E-state index in [1.807, 2.05) is 39.0 Å². The number of benzene rings is 2. The molecular formula is C23H22BrN5O3. The summed E-state index contributed by atoms with van der Waals surface area (Å²) < 4.78 is 9.93. The summed E-state index contributed by atoms with van der Waals surface area (Å²) in [5.74, 6) is 0.553. The number of anilines is 1. The molecule has 8 nitrogen and oxygen atoms in total. The molecule has 4 aromatic rings.